The number of ketones is 1. The quantitative estimate of drug-likeness (QED) is 0.778. The number of hydrogen-bond donors (Lipinski definition) is 0. The zero-order valence-corrected chi connectivity index (χ0v) is 11.3. The topological polar surface area (TPSA) is 75.0 Å². The Morgan fingerprint density at radius 3 is 2.41 bits per heavy atom. The molecule has 1 aromatic rings. The maximum atomic E-state index is 11.7. The summed E-state index contributed by atoms with van der Waals surface area (Å²) in [6, 6.07) is 8.22. The Morgan fingerprint density at radius 2 is 1.88 bits per heavy atom. The number of sulfone groups is 1. The molecule has 0 N–H and O–H groups in total. The second-order valence-corrected chi connectivity index (χ2v) is 6.53. The molecule has 6 heteroatoms. The first kappa shape index (κ1) is 13.9. The van der Waals surface area contributed by atoms with Gasteiger partial charge in [-0.05, 0) is 12.1 Å². The summed E-state index contributed by atoms with van der Waals surface area (Å²) in [4.78, 5) is 11.7. The Labute approximate surface area is 108 Å². The van der Waals surface area contributed by atoms with Crippen molar-refractivity contribution in [3.63, 3.8) is 0 Å². The molecule has 4 nitrogen and oxygen atoms in total. The fourth-order valence-corrected chi connectivity index (χ4v) is 2.57. The van der Waals surface area contributed by atoms with Crippen molar-refractivity contribution in [1.82, 2.24) is 0 Å². The number of benzene rings is 1. The Morgan fingerprint density at radius 1 is 1.29 bits per heavy atom. The van der Waals surface area contributed by atoms with E-state index < -0.39 is 21.4 Å². The van der Waals surface area contributed by atoms with Crippen LogP contribution in [0.2, 0.25) is 0 Å². The Hall–Kier alpha value is -1.19. The van der Waals surface area contributed by atoms with Crippen molar-refractivity contribution in [3.05, 3.63) is 34.3 Å². The third-order valence-electron chi connectivity index (χ3n) is 2.04. The van der Waals surface area contributed by atoms with E-state index in [0.29, 0.717) is 5.56 Å². The lowest BCUT2D eigenvalue weighted by atomic mass is 10.2. The van der Waals surface area contributed by atoms with E-state index in [1.807, 2.05) is 0 Å². The molecule has 90 valence electrons. The van der Waals surface area contributed by atoms with E-state index in [1.165, 1.54) is 0 Å². The largest absolute Gasteiger partial charge is 0.293 e. The highest BCUT2D eigenvalue weighted by Gasteiger charge is 2.17. The van der Waals surface area contributed by atoms with Crippen LogP contribution in [0.25, 0.3) is 0 Å². The molecule has 1 rings (SSSR count). The van der Waals surface area contributed by atoms with E-state index >= 15 is 0 Å². The Balaban J connectivity index is 2.73. The van der Waals surface area contributed by atoms with Gasteiger partial charge in [-0.25, -0.2) is 8.42 Å². The van der Waals surface area contributed by atoms with E-state index in [2.05, 4.69) is 15.9 Å². The predicted molar refractivity (Wildman–Crippen MR) is 67.4 cm³/mol. The monoisotopic (exact) mass is 315 g/mol. The van der Waals surface area contributed by atoms with Gasteiger partial charge in [0.1, 0.15) is 5.75 Å². The fourth-order valence-electron chi connectivity index (χ4n) is 1.19. The smallest absolute Gasteiger partial charge is 0.177 e. The Kier molecular flexibility index (Phi) is 4.85. The van der Waals surface area contributed by atoms with E-state index in [9.17, 15) is 13.2 Å². The van der Waals surface area contributed by atoms with E-state index in [1.54, 1.807) is 30.3 Å². The third-order valence-corrected chi connectivity index (χ3v) is 4.10. The van der Waals surface area contributed by atoms with E-state index in [4.69, 9.17) is 5.26 Å². The summed E-state index contributed by atoms with van der Waals surface area (Å²) in [6.45, 7) is 0. The molecule has 0 aliphatic heterocycles. The maximum Gasteiger partial charge on any atom is 0.177 e. The SMILES string of the molecule is N#CCCS(=O)(=O)CC(=O)c1ccc(Br)cc1. The molecule has 0 fully saturated rings. The van der Waals surface area contributed by atoms with Gasteiger partial charge in [0, 0.05) is 16.5 Å². The molecule has 0 aromatic heterocycles. The summed E-state index contributed by atoms with van der Waals surface area (Å²) in [5, 5.41) is 8.31. The molecule has 17 heavy (non-hydrogen) atoms. The van der Waals surface area contributed by atoms with Crippen LogP contribution < -0.4 is 0 Å². The average Bonchev–Trinajstić information content (AvgIpc) is 2.26. The van der Waals surface area contributed by atoms with Gasteiger partial charge in [0.15, 0.2) is 15.6 Å². The fraction of sp³-hybridized carbons (Fsp3) is 0.273. The van der Waals surface area contributed by atoms with Crippen LogP contribution in [0.1, 0.15) is 16.8 Å². The van der Waals surface area contributed by atoms with Crippen LogP contribution in [-0.4, -0.2) is 25.7 Å². The lowest BCUT2D eigenvalue weighted by molar-refractivity contribution is 0.102. The molecule has 0 radical (unpaired) electrons. The molecule has 1 aromatic carbocycles. The summed E-state index contributed by atoms with van der Waals surface area (Å²) in [5.74, 6) is -1.27. The summed E-state index contributed by atoms with van der Waals surface area (Å²) >= 11 is 3.22. The van der Waals surface area contributed by atoms with Crippen LogP contribution in [0.3, 0.4) is 0 Å². The highest BCUT2D eigenvalue weighted by molar-refractivity contribution is 9.10. The van der Waals surface area contributed by atoms with Gasteiger partial charge in [0.05, 0.1) is 11.8 Å². The van der Waals surface area contributed by atoms with Crippen LogP contribution in [0.15, 0.2) is 28.7 Å². The van der Waals surface area contributed by atoms with Crippen LogP contribution in [0, 0.1) is 11.3 Å². The highest BCUT2D eigenvalue weighted by atomic mass is 79.9. The first-order valence-corrected chi connectivity index (χ1v) is 7.42. The zero-order valence-electron chi connectivity index (χ0n) is 8.89. The van der Waals surface area contributed by atoms with Crippen LogP contribution in [0.4, 0.5) is 0 Å². The number of Topliss-reactive ketones (excluding diaryl/α,β-unsaturated/α-hetero) is 1. The standard InChI is InChI=1S/C11H10BrNO3S/c12-10-4-2-9(3-5-10)11(14)8-17(15,16)7-1-6-13/h2-5H,1,7-8H2. The highest BCUT2D eigenvalue weighted by Crippen LogP contribution is 2.11. The lowest BCUT2D eigenvalue weighted by Crippen LogP contribution is -2.18. The molecule has 0 spiro atoms. The molecule has 0 atom stereocenters. The van der Waals surface area contributed by atoms with Crippen LogP contribution >= 0.6 is 15.9 Å². The minimum atomic E-state index is -3.48. The molecule has 0 aliphatic rings. The molecule has 0 amide bonds. The molecular weight excluding hydrogens is 306 g/mol. The Bertz CT molecular complexity index is 543. The molecular formula is C11H10BrNO3S. The van der Waals surface area contributed by atoms with Crippen molar-refractivity contribution in [3.8, 4) is 6.07 Å². The van der Waals surface area contributed by atoms with Gasteiger partial charge in [-0.1, -0.05) is 28.1 Å². The number of carbonyl (C=O) groups is 1. The van der Waals surface area contributed by atoms with Gasteiger partial charge in [-0.15, -0.1) is 0 Å². The summed E-state index contributed by atoms with van der Waals surface area (Å²) in [6.07, 6.45) is -0.0874. The summed E-state index contributed by atoms with van der Waals surface area (Å²) in [7, 11) is -3.48. The van der Waals surface area contributed by atoms with Crippen molar-refractivity contribution >= 4 is 31.6 Å². The second-order valence-electron chi connectivity index (χ2n) is 3.43. The van der Waals surface area contributed by atoms with Crippen molar-refractivity contribution in [2.24, 2.45) is 0 Å². The molecule has 0 saturated heterocycles. The average molecular weight is 316 g/mol. The predicted octanol–water partition coefficient (Wildman–Crippen LogP) is 1.96. The molecule has 0 bridgehead atoms. The molecule has 0 aliphatic carbocycles. The van der Waals surface area contributed by atoms with Gasteiger partial charge >= 0.3 is 0 Å². The third kappa shape index (κ3) is 4.67. The van der Waals surface area contributed by atoms with Crippen molar-refractivity contribution in [1.29, 1.82) is 5.26 Å². The number of halogens is 1. The van der Waals surface area contributed by atoms with Gasteiger partial charge in [-0.3, -0.25) is 4.79 Å². The van der Waals surface area contributed by atoms with Crippen molar-refractivity contribution < 1.29 is 13.2 Å². The number of carbonyl (C=O) groups excluding carboxylic acids is 1. The number of rotatable bonds is 5. The van der Waals surface area contributed by atoms with Gasteiger partial charge in [0.25, 0.3) is 0 Å². The minimum Gasteiger partial charge on any atom is -0.293 e. The summed E-state index contributed by atoms with van der Waals surface area (Å²) < 4.78 is 23.7. The molecule has 0 unspecified atom stereocenters. The normalized spacial score (nSPS) is 10.8. The van der Waals surface area contributed by atoms with Gasteiger partial charge in [-0.2, -0.15) is 5.26 Å². The number of nitrogens with zero attached hydrogens (tertiary/aromatic N) is 1. The first-order valence-electron chi connectivity index (χ1n) is 4.81. The van der Waals surface area contributed by atoms with E-state index in [0.717, 1.165) is 4.47 Å². The van der Waals surface area contributed by atoms with Crippen LogP contribution in [0.5, 0.6) is 0 Å². The van der Waals surface area contributed by atoms with Gasteiger partial charge < -0.3 is 0 Å². The van der Waals surface area contributed by atoms with Crippen molar-refractivity contribution in [2.45, 2.75) is 6.42 Å². The minimum absolute atomic E-state index is 0.0874. The number of hydrogen-bond acceptors (Lipinski definition) is 4. The van der Waals surface area contributed by atoms with Crippen LogP contribution in [-0.2, 0) is 9.84 Å². The maximum absolute atomic E-state index is 11.7. The van der Waals surface area contributed by atoms with E-state index in [-0.39, 0.29) is 12.2 Å². The molecule has 0 saturated carbocycles. The summed E-state index contributed by atoms with van der Waals surface area (Å²) in [5.41, 5.74) is 0.355. The van der Waals surface area contributed by atoms with Crippen molar-refractivity contribution in [2.75, 3.05) is 11.5 Å². The molecule has 0 heterocycles. The first-order chi connectivity index (χ1) is 7.94. The van der Waals surface area contributed by atoms with Gasteiger partial charge in [0.2, 0.25) is 0 Å². The second kappa shape index (κ2) is 5.94. The number of nitriles is 1. The zero-order chi connectivity index (χ0) is 12.9. The lowest BCUT2D eigenvalue weighted by Gasteiger charge is -2.02.